The van der Waals surface area contributed by atoms with Gasteiger partial charge in [0.1, 0.15) is 5.69 Å². The van der Waals surface area contributed by atoms with Crippen molar-refractivity contribution in [1.29, 1.82) is 0 Å². The minimum absolute atomic E-state index is 0.0797. The number of hydrogen-bond acceptors (Lipinski definition) is 5. The van der Waals surface area contributed by atoms with Gasteiger partial charge in [-0.3, -0.25) is 0 Å². The van der Waals surface area contributed by atoms with Gasteiger partial charge in [0.2, 0.25) is 0 Å². The van der Waals surface area contributed by atoms with Crippen LogP contribution in [0.2, 0.25) is 0 Å². The summed E-state index contributed by atoms with van der Waals surface area (Å²) in [7, 11) is 0. The first-order chi connectivity index (χ1) is 6.36. The lowest BCUT2D eigenvalue weighted by molar-refractivity contribution is 0.130. The fourth-order valence-electron chi connectivity index (χ4n) is 0.864. The highest BCUT2D eigenvalue weighted by Gasteiger charge is 1.97. The second-order valence-electron chi connectivity index (χ2n) is 2.53. The van der Waals surface area contributed by atoms with Crippen LogP contribution in [0.25, 0.3) is 0 Å². The highest BCUT2D eigenvalue weighted by atomic mass is 16.5. The molecule has 6 nitrogen and oxygen atoms in total. The van der Waals surface area contributed by atoms with Crippen LogP contribution in [-0.4, -0.2) is 39.9 Å². The molecule has 1 aromatic rings. The lowest BCUT2D eigenvalue weighted by Gasteiger charge is -2.00. The molecule has 0 aliphatic carbocycles. The first-order valence-electron chi connectivity index (χ1n) is 4.14. The van der Waals surface area contributed by atoms with Gasteiger partial charge in [-0.25, -0.2) is 4.68 Å². The third-order valence-corrected chi connectivity index (χ3v) is 1.48. The lowest BCUT2D eigenvalue weighted by atomic mass is 10.5. The topological polar surface area (TPSA) is 86.2 Å². The average molecular weight is 186 g/mol. The van der Waals surface area contributed by atoms with Crippen LogP contribution in [0.15, 0.2) is 6.20 Å². The molecule has 0 aliphatic rings. The van der Waals surface area contributed by atoms with Crippen LogP contribution in [0.1, 0.15) is 5.69 Å². The van der Waals surface area contributed by atoms with Crippen molar-refractivity contribution in [2.24, 2.45) is 5.73 Å². The van der Waals surface area contributed by atoms with Gasteiger partial charge < -0.3 is 15.6 Å². The molecule has 13 heavy (non-hydrogen) atoms. The summed E-state index contributed by atoms with van der Waals surface area (Å²) >= 11 is 0. The molecule has 0 saturated heterocycles. The Labute approximate surface area is 76.3 Å². The molecule has 3 N–H and O–H groups in total. The molecule has 0 aromatic carbocycles. The van der Waals surface area contributed by atoms with Crippen molar-refractivity contribution < 1.29 is 9.84 Å². The molecule has 1 aromatic heterocycles. The Balaban J connectivity index is 2.20. The summed E-state index contributed by atoms with van der Waals surface area (Å²) in [6.45, 7) is 2.20. The zero-order chi connectivity index (χ0) is 9.52. The molecule has 0 aliphatic heterocycles. The predicted molar refractivity (Wildman–Crippen MR) is 45.8 cm³/mol. The van der Waals surface area contributed by atoms with Crippen LogP contribution in [-0.2, 0) is 17.9 Å². The molecule has 0 atom stereocenters. The number of ether oxygens (including phenoxy) is 1. The summed E-state index contributed by atoms with van der Waals surface area (Å²) < 4.78 is 6.78. The standard InChI is InChI=1S/C7H14N4O2/c8-1-3-13-4-2-11-5-7(6-12)9-10-11/h5,12H,1-4,6,8H2. The van der Waals surface area contributed by atoms with Gasteiger partial charge in [-0.15, -0.1) is 5.10 Å². The molecule has 74 valence electrons. The normalized spacial score (nSPS) is 10.6. The van der Waals surface area contributed by atoms with Crippen molar-refractivity contribution in [3.63, 3.8) is 0 Å². The quantitative estimate of drug-likeness (QED) is 0.542. The molecule has 0 fully saturated rings. The van der Waals surface area contributed by atoms with Gasteiger partial charge in [0, 0.05) is 6.54 Å². The predicted octanol–water partition coefficient (Wildman–Crippen LogP) is -1.25. The van der Waals surface area contributed by atoms with E-state index in [4.69, 9.17) is 15.6 Å². The molecule has 0 bridgehead atoms. The highest BCUT2D eigenvalue weighted by molar-refractivity contribution is 4.88. The number of aromatic nitrogens is 3. The Morgan fingerprint density at radius 1 is 1.54 bits per heavy atom. The summed E-state index contributed by atoms with van der Waals surface area (Å²) in [5, 5.41) is 16.2. The molecule has 0 amide bonds. The Morgan fingerprint density at radius 3 is 3.00 bits per heavy atom. The molecule has 1 heterocycles. The van der Waals surface area contributed by atoms with E-state index >= 15 is 0 Å². The summed E-state index contributed by atoms with van der Waals surface area (Å²) in [5.41, 5.74) is 5.81. The monoisotopic (exact) mass is 186 g/mol. The maximum Gasteiger partial charge on any atom is 0.108 e. The zero-order valence-electron chi connectivity index (χ0n) is 7.39. The number of hydrogen-bond donors (Lipinski definition) is 2. The SMILES string of the molecule is NCCOCCn1cc(CO)nn1. The molecule has 0 spiro atoms. The van der Waals surface area contributed by atoms with E-state index in [1.165, 1.54) is 0 Å². The molecule has 6 heteroatoms. The van der Waals surface area contributed by atoms with E-state index in [1.54, 1.807) is 10.9 Å². The molecule has 0 radical (unpaired) electrons. The first-order valence-corrected chi connectivity index (χ1v) is 4.14. The maximum atomic E-state index is 8.70. The van der Waals surface area contributed by atoms with Crippen LogP contribution >= 0.6 is 0 Å². The van der Waals surface area contributed by atoms with Gasteiger partial charge in [0.15, 0.2) is 0 Å². The van der Waals surface area contributed by atoms with Gasteiger partial charge in [0.25, 0.3) is 0 Å². The summed E-state index contributed by atoms with van der Waals surface area (Å²) in [5.74, 6) is 0. The lowest BCUT2D eigenvalue weighted by Crippen LogP contribution is -2.12. The number of aliphatic hydroxyl groups is 1. The highest BCUT2D eigenvalue weighted by Crippen LogP contribution is 1.91. The number of rotatable bonds is 6. The van der Waals surface area contributed by atoms with Gasteiger partial charge in [-0.1, -0.05) is 5.21 Å². The fourth-order valence-corrected chi connectivity index (χ4v) is 0.864. The van der Waals surface area contributed by atoms with E-state index in [-0.39, 0.29) is 6.61 Å². The molecule has 0 unspecified atom stereocenters. The van der Waals surface area contributed by atoms with E-state index < -0.39 is 0 Å². The van der Waals surface area contributed by atoms with Crippen LogP contribution in [0, 0.1) is 0 Å². The van der Waals surface area contributed by atoms with Crippen LogP contribution < -0.4 is 5.73 Å². The molecule has 0 saturated carbocycles. The van der Waals surface area contributed by atoms with Crippen LogP contribution in [0.3, 0.4) is 0 Å². The minimum Gasteiger partial charge on any atom is -0.390 e. The van der Waals surface area contributed by atoms with Crippen molar-refractivity contribution >= 4 is 0 Å². The second kappa shape index (κ2) is 5.63. The molecular formula is C7H14N4O2. The molecular weight excluding hydrogens is 172 g/mol. The maximum absolute atomic E-state index is 8.70. The number of nitrogens with zero attached hydrogens (tertiary/aromatic N) is 3. The van der Waals surface area contributed by atoms with Crippen LogP contribution in [0.5, 0.6) is 0 Å². The third kappa shape index (κ3) is 3.49. The Morgan fingerprint density at radius 2 is 2.38 bits per heavy atom. The molecule has 1 rings (SSSR count). The Kier molecular flexibility index (Phi) is 4.37. The van der Waals surface area contributed by atoms with Crippen molar-refractivity contribution in [3.05, 3.63) is 11.9 Å². The van der Waals surface area contributed by atoms with E-state index in [0.717, 1.165) is 0 Å². The number of aliphatic hydroxyl groups excluding tert-OH is 1. The zero-order valence-corrected chi connectivity index (χ0v) is 7.39. The van der Waals surface area contributed by atoms with E-state index in [9.17, 15) is 0 Å². The Hall–Kier alpha value is -0.980. The summed E-state index contributed by atoms with van der Waals surface area (Å²) in [6, 6.07) is 0. The summed E-state index contributed by atoms with van der Waals surface area (Å²) in [4.78, 5) is 0. The minimum atomic E-state index is -0.0797. The van der Waals surface area contributed by atoms with E-state index in [2.05, 4.69) is 10.3 Å². The van der Waals surface area contributed by atoms with Gasteiger partial charge in [0.05, 0.1) is 32.6 Å². The van der Waals surface area contributed by atoms with Crippen molar-refractivity contribution in [2.45, 2.75) is 13.2 Å². The fraction of sp³-hybridized carbons (Fsp3) is 0.714. The third-order valence-electron chi connectivity index (χ3n) is 1.48. The second-order valence-corrected chi connectivity index (χ2v) is 2.53. The van der Waals surface area contributed by atoms with Crippen molar-refractivity contribution in [1.82, 2.24) is 15.0 Å². The number of nitrogens with two attached hydrogens (primary N) is 1. The van der Waals surface area contributed by atoms with E-state index in [1.807, 2.05) is 0 Å². The van der Waals surface area contributed by atoms with E-state index in [0.29, 0.717) is 32.0 Å². The summed E-state index contributed by atoms with van der Waals surface area (Å²) in [6.07, 6.45) is 1.69. The van der Waals surface area contributed by atoms with Gasteiger partial charge in [-0.05, 0) is 0 Å². The Bertz CT molecular complexity index is 238. The average Bonchev–Trinajstić information content (AvgIpc) is 2.60. The van der Waals surface area contributed by atoms with Crippen LogP contribution in [0.4, 0.5) is 0 Å². The first kappa shape index (κ1) is 10.1. The smallest absolute Gasteiger partial charge is 0.108 e. The van der Waals surface area contributed by atoms with Gasteiger partial charge >= 0.3 is 0 Å². The largest absolute Gasteiger partial charge is 0.390 e. The van der Waals surface area contributed by atoms with Gasteiger partial charge in [-0.2, -0.15) is 0 Å². The van der Waals surface area contributed by atoms with Crippen molar-refractivity contribution in [2.75, 3.05) is 19.8 Å². The van der Waals surface area contributed by atoms with Crippen molar-refractivity contribution in [3.8, 4) is 0 Å².